The number of hydrogen-bond acceptors (Lipinski definition) is 5. The van der Waals surface area contributed by atoms with Crippen molar-refractivity contribution >= 4 is 23.5 Å². The highest BCUT2D eigenvalue weighted by Crippen LogP contribution is 2.18. The number of alkyl halides is 3. The Bertz CT molecular complexity index is 567. The molecule has 1 amide bonds. The summed E-state index contributed by atoms with van der Waals surface area (Å²) in [6.45, 7) is 2.42. The van der Waals surface area contributed by atoms with Crippen LogP contribution >= 0.6 is 11.6 Å². The summed E-state index contributed by atoms with van der Waals surface area (Å²) in [5.74, 6) is -1.48. The first kappa shape index (κ1) is 16.0. The topological polar surface area (TPSA) is 90.7 Å². The van der Waals surface area contributed by atoms with Gasteiger partial charge in [-0.15, -0.1) is 0 Å². The van der Waals surface area contributed by atoms with Crippen LogP contribution in [0, 0.1) is 11.3 Å². The average molecular weight is 308 g/mol. The van der Waals surface area contributed by atoms with Crippen LogP contribution in [0.4, 0.5) is 19.1 Å². The molecule has 0 aliphatic heterocycles. The minimum atomic E-state index is -4.83. The zero-order valence-electron chi connectivity index (χ0n) is 10.3. The third-order valence-corrected chi connectivity index (χ3v) is 2.40. The summed E-state index contributed by atoms with van der Waals surface area (Å²) >= 11 is 5.65. The molecule has 0 aliphatic rings. The number of amides is 1. The van der Waals surface area contributed by atoms with E-state index in [1.54, 1.807) is 6.07 Å². The summed E-state index contributed by atoms with van der Waals surface area (Å²) in [6.07, 6.45) is -3.74. The normalized spacial score (nSPS) is 11.7. The first-order chi connectivity index (χ1) is 9.05. The van der Waals surface area contributed by atoms with Gasteiger partial charge in [-0.1, -0.05) is 11.6 Å². The van der Waals surface area contributed by atoms with E-state index in [0.717, 1.165) is 11.5 Å². The van der Waals surface area contributed by atoms with Gasteiger partial charge in [0, 0.05) is 0 Å². The SMILES string of the molecule is CC(C)(Nc1ncc(C#N)c(Cl)n1)C(=O)NC(F)(F)F. The Hall–Kier alpha value is -2.08. The number of aromatic nitrogens is 2. The Labute approximate surface area is 117 Å². The summed E-state index contributed by atoms with van der Waals surface area (Å²) < 4.78 is 36.3. The van der Waals surface area contributed by atoms with Crippen molar-refractivity contribution in [3.8, 4) is 6.07 Å². The molecule has 0 saturated carbocycles. The number of anilines is 1. The van der Waals surface area contributed by atoms with Crippen LogP contribution in [0.15, 0.2) is 6.20 Å². The first-order valence-corrected chi connectivity index (χ1v) is 5.53. The van der Waals surface area contributed by atoms with Gasteiger partial charge in [-0.05, 0) is 13.8 Å². The third kappa shape index (κ3) is 4.24. The molecule has 0 fully saturated rings. The Morgan fingerprint density at radius 3 is 2.50 bits per heavy atom. The minimum Gasteiger partial charge on any atom is -0.340 e. The number of carbonyl (C=O) groups excluding carboxylic acids is 1. The molecule has 0 bridgehead atoms. The van der Waals surface area contributed by atoms with E-state index in [4.69, 9.17) is 16.9 Å². The first-order valence-electron chi connectivity index (χ1n) is 5.15. The molecular weight excluding hydrogens is 299 g/mol. The molecule has 1 rings (SSSR count). The lowest BCUT2D eigenvalue weighted by molar-refractivity contribution is -0.171. The molecule has 6 nitrogen and oxygen atoms in total. The highest BCUT2D eigenvalue weighted by Gasteiger charge is 2.37. The molecule has 20 heavy (non-hydrogen) atoms. The standard InChI is InChI=1S/C10H9ClF3N5O/c1-9(2,7(20)18-10(12,13)14)19-8-16-4-5(3-15)6(11)17-8/h4H,1-2H3,(H,18,20)(H,16,17,19). The Morgan fingerprint density at radius 2 is 2.05 bits per heavy atom. The predicted octanol–water partition coefficient (Wildman–Crippen LogP) is 1.83. The van der Waals surface area contributed by atoms with Gasteiger partial charge in [-0.3, -0.25) is 10.1 Å². The monoisotopic (exact) mass is 307 g/mol. The van der Waals surface area contributed by atoms with Gasteiger partial charge in [-0.2, -0.15) is 23.4 Å². The second-order valence-electron chi connectivity index (χ2n) is 4.21. The summed E-state index contributed by atoms with van der Waals surface area (Å²) in [7, 11) is 0. The summed E-state index contributed by atoms with van der Waals surface area (Å²) in [6, 6.07) is 1.73. The van der Waals surface area contributed by atoms with E-state index < -0.39 is 17.7 Å². The molecule has 10 heteroatoms. The van der Waals surface area contributed by atoms with Gasteiger partial charge in [0.05, 0.1) is 6.20 Å². The number of nitrogens with zero attached hydrogens (tertiary/aromatic N) is 3. The largest absolute Gasteiger partial charge is 0.484 e. The zero-order valence-corrected chi connectivity index (χ0v) is 11.1. The molecule has 0 atom stereocenters. The van der Waals surface area contributed by atoms with Crippen molar-refractivity contribution in [3.05, 3.63) is 16.9 Å². The van der Waals surface area contributed by atoms with Gasteiger partial charge < -0.3 is 5.32 Å². The summed E-state index contributed by atoms with van der Waals surface area (Å²) in [5, 5.41) is 11.7. The number of halogens is 4. The van der Waals surface area contributed by atoms with Crippen LogP contribution in [0.1, 0.15) is 19.4 Å². The van der Waals surface area contributed by atoms with Crippen LogP contribution in [0.5, 0.6) is 0 Å². The number of hydrogen-bond donors (Lipinski definition) is 2. The highest BCUT2D eigenvalue weighted by atomic mass is 35.5. The van der Waals surface area contributed by atoms with Gasteiger partial charge in [-0.25, -0.2) is 4.98 Å². The van der Waals surface area contributed by atoms with Gasteiger partial charge in [0.25, 0.3) is 5.91 Å². The number of nitriles is 1. The van der Waals surface area contributed by atoms with E-state index in [1.165, 1.54) is 13.8 Å². The van der Waals surface area contributed by atoms with Crippen LogP contribution in [0.3, 0.4) is 0 Å². The lowest BCUT2D eigenvalue weighted by Crippen LogP contribution is -2.52. The van der Waals surface area contributed by atoms with Crippen molar-refractivity contribution in [1.82, 2.24) is 15.3 Å². The molecule has 108 valence electrons. The van der Waals surface area contributed by atoms with Crippen molar-refractivity contribution in [3.63, 3.8) is 0 Å². The van der Waals surface area contributed by atoms with Gasteiger partial charge in [0.2, 0.25) is 5.95 Å². The van der Waals surface area contributed by atoms with E-state index in [1.807, 2.05) is 0 Å². The third-order valence-electron chi connectivity index (χ3n) is 2.11. The van der Waals surface area contributed by atoms with E-state index in [9.17, 15) is 18.0 Å². The maximum Gasteiger partial charge on any atom is 0.484 e. The molecule has 0 aliphatic carbocycles. The van der Waals surface area contributed by atoms with Crippen molar-refractivity contribution in [1.29, 1.82) is 5.26 Å². The maximum atomic E-state index is 12.1. The van der Waals surface area contributed by atoms with E-state index in [0.29, 0.717) is 0 Å². The highest BCUT2D eigenvalue weighted by molar-refractivity contribution is 6.30. The quantitative estimate of drug-likeness (QED) is 0.656. The van der Waals surface area contributed by atoms with E-state index in [2.05, 4.69) is 15.3 Å². The molecule has 1 heterocycles. The van der Waals surface area contributed by atoms with Crippen LogP contribution in [0.25, 0.3) is 0 Å². The molecule has 0 radical (unpaired) electrons. The second-order valence-corrected chi connectivity index (χ2v) is 4.57. The lowest BCUT2D eigenvalue weighted by atomic mass is 10.1. The van der Waals surface area contributed by atoms with Gasteiger partial charge in [0.1, 0.15) is 17.2 Å². The fourth-order valence-corrected chi connectivity index (χ4v) is 1.29. The molecule has 0 spiro atoms. The molecule has 2 N–H and O–H groups in total. The molecular formula is C10H9ClF3N5O. The molecule has 0 unspecified atom stereocenters. The molecule has 1 aromatic heterocycles. The smallest absolute Gasteiger partial charge is 0.340 e. The summed E-state index contributed by atoms with van der Waals surface area (Å²) in [4.78, 5) is 18.8. The molecule has 0 aromatic carbocycles. The average Bonchev–Trinajstić information content (AvgIpc) is 2.26. The van der Waals surface area contributed by atoms with Crippen molar-refractivity contribution in [2.45, 2.75) is 25.7 Å². The van der Waals surface area contributed by atoms with Crippen molar-refractivity contribution in [2.24, 2.45) is 0 Å². The fourth-order valence-electron chi connectivity index (χ4n) is 1.12. The Balaban J connectivity index is 2.88. The molecule has 0 saturated heterocycles. The van der Waals surface area contributed by atoms with Crippen LogP contribution in [-0.2, 0) is 4.79 Å². The fraction of sp³-hybridized carbons (Fsp3) is 0.400. The maximum absolute atomic E-state index is 12.1. The van der Waals surface area contributed by atoms with Crippen LogP contribution in [-0.4, -0.2) is 27.7 Å². The molecule has 1 aromatic rings. The van der Waals surface area contributed by atoms with Gasteiger partial charge >= 0.3 is 6.30 Å². The number of rotatable bonds is 3. The zero-order chi connectivity index (χ0) is 15.6. The van der Waals surface area contributed by atoms with E-state index in [-0.39, 0.29) is 16.7 Å². The Kier molecular flexibility index (Phi) is 4.39. The van der Waals surface area contributed by atoms with Crippen LogP contribution < -0.4 is 10.6 Å². The second kappa shape index (κ2) is 5.50. The van der Waals surface area contributed by atoms with Crippen molar-refractivity contribution in [2.75, 3.05) is 5.32 Å². The number of nitrogens with one attached hydrogen (secondary N) is 2. The summed E-state index contributed by atoms with van der Waals surface area (Å²) in [5.41, 5.74) is -1.62. The number of carbonyl (C=O) groups is 1. The van der Waals surface area contributed by atoms with Crippen LogP contribution in [0.2, 0.25) is 5.15 Å². The Morgan fingerprint density at radius 1 is 1.45 bits per heavy atom. The predicted molar refractivity (Wildman–Crippen MR) is 63.7 cm³/mol. The van der Waals surface area contributed by atoms with E-state index >= 15 is 0 Å². The van der Waals surface area contributed by atoms with Gasteiger partial charge in [0.15, 0.2) is 5.15 Å². The van der Waals surface area contributed by atoms with Crippen molar-refractivity contribution < 1.29 is 18.0 Å². The minimum absolute atomic E-state index is 0.00904. The lowest BCUT2D eigenvalue weighted by Gasteiger charge is -2.25.